The van der Waals surface area contributed by atoms with Crippen LogP contribution in [-0.4, -0.2) is 22.8 Å². The summed E-state index contributed by atoms with van der Waals surface area (Å²) in [5, 5.41) is 19.5. The molecule has 2 N–H and O–H groups in total. The molecule has 4 atom stereocenters. The lowest BCUT2D eigenvalue weighted by Crippen LogP contribution is -2.56. The fourth-order valence-electron chi connectivity index (χ4n) is 6.14. The number of carboxylic acids is 1. The highest BCUT2D eigenvalue weighted by atomic mass is 16.4. The van der Waals surface area contributed by atoms with Crippen LogP contribution in [-0.2, 0) is 16.6 Å². The van der Waals surface area contributed by atoms with Crippen molar-refractivity contribution in [3.05, 3.63) is 34.9 Å². The highest BCUT2D eigenvalue weighted by molar-refractivity contribution is 5.75. The van der Waals surface area contributed by atoms with E-state index in [2.05, 4.69) is 39.0 Å². The minimum Gasteiger partial charge on any atom is -0.481 e. The standard InChI is InChI=1S/C23H34O3/c1-15(2)16-8-9-19-18(13-16)14-17(7-5-12-24)20-22(19,3)10-6-11-23(20,4)21(25)26/h8-9,13,15,17,20,24H,5-7,10-12,14H2,1-4H3,(H,25,26). The summed E-state index contributed by atoms with van der Waals surface area (Å²) in [5.41, 5.74) is 3.38. The minimum atomic E-state index is -0.679. The number of hydrogen-bond donors (Lipinski definition) is 2. The molecule has 0 spiro atoms. The topological polar surface area (TPSA) is 57.5 Å². The molecule has 0 aliphatic heterocycles. The summed E-state index contributed by atoms with van der Waals surface area (Å²) in [6, 6.07) is 6.89. The lowest BCUT2D eigenvalue weighted by molar-refractivity contribution is -0.160. The van der Waals surface area contributed by atoms with Crippen molar-refractivity contribution in [2.45, 2.75) is 77.6 Å². The van der Waals surface area contributed by atoms with Crippen LogP contribution in [0.2, 0.25) is 0 Å². The van der Waals surface area contributed by atoms with Crippen molar-refractivity contribution in [3.8, 4) is 0 Å². The quantitative estimate of drug-likeness (QED) is 0.787. The van der Waals surface area contributed by atoms with Crippen LogP contribution in [0.25, 0.3) is 0 Å². The smallest absolute Gasteiger partial charge is 0.309 e. The number of rotatable bonds is 5. The number of carbonyl (C=O) groups is 1. The second kappa shape index (κ2) is 6.99. The van der Waals surface area contributed by atoms with E-state index in [9.17, 15) is 15.0 Å². The Morgan fingerprint density at radius 3 is 2.62 bits per heavy atom. The summed E-state index contributed by atoms with van der Waals surface area (Å²) in [7, 11) is 0. The van der Waals surface area contributed by atoms with Gasteiger partial charge in [0, 0.05) is 6.61 Å². The predicted molar refractivity (Wildman–Crippen MR) is 104 cm³/mol. The Bertz CT molecular complexity index is 680. The fraction of sp³-hybridized carbons (Fsp3) is 0.696. The van der Waals surface area contributed by atoms with Crippen LogP contribution in [0, 0.1) is 17.3 Å². The molecular weight excluding hydrogens is 324 g/mol. The summed E-state index contributed by atoms with van der Waals surface area (Å²) in [4.78, 5) is 12.3. The number of aliphatic carboxylic acids is 1. The van der Waals surface area contributed by atoms with Crippen molar-refractivity contribution in [3.63, 3.8) is 0 Å². The van der Waals surface area contributed by atoms with E-state index in [-0.39, 0.29) is 17.9 Å². The Kier molecular flexibility index (Phi) is 5.22. The van der Waals surface area contributed by atoms with Gasteiger partial charge in [0.15, 0.2) is 0 Å². The molecule has 0 amide bonds. The number of hydrogen-bond acceptors (Lipinski definition) is 2. The largest absolute Gasteiger partial charge is 0.481 e. The van der Waals surface area contributed by atoms with Gasteiger partial charge in [0.1, 0.15) is 0 Å². The zero-order valence-corrected chi connectivity index (χ0v) is 16.7. The summed E-state index contributed by atoms with van der Waals surface area (Å²) in [5.74, 6) is 0.302. The normalized spacial score (nSPS) is 33.6. The van der Waals surface area contributed by atoms with E-state index in [1.807, 2.05) is 6.92 Å². The molecule has 1 aromatic rings. The first kappa shape index (κ1) is 19.4. The summed E-state index contributed by atoms with van der Waals surface area (Å²) < 4.78 is 0. The monoisotopic (exact) mass is 358 g/mol. The van der Waals surface area contributed by atoms with Gasteiger partial charge in [-0.15, -0.1) is 0 Å². The number of aliphatic hydroxyl groups is 1. The van der Waals surface area contributed by atoms with Crippen LogP contribution in [0.4, 0.5) is 0 Å². The van der Waals surface area contributed by atoms with Gasteiger partial charge in [-0.3, -0.25) is 4.79 Å². The van der Waals surface area contributed by atoms with E-state index in [1.165, 1.54) is 16.7 Å². The van der Waals surface area contributed by atoms with Crippen LogP contribution in [0.3, 0.4) is 0 Å². The Hall–Kier alpha value is -1.35. The second-order valence-corrected chi connectivity index (χ2v) is 9.37. The number of carboxylic acid groups (broad SMARTS) is 1. The van der Waals surface area contributed by atoms with Crippen LogP contribution in [0.1, 0.15) is 82.4 Å². The highest BCUT2D eigenvalue weighted by Gasteiger charge is 2.58. The maximum atomic E-state index is 12.3. The van der Waals surface area contributed by atoms with E-state index in [1.54, 1.807) is 0 Å². The molecule has 26 heavy (non-hydrogen) atoms. The van der Waals surface area contributed by atoms with Gasteiger partial charge in [-0.2, -0.15) is 0 Å². The average Bonchev–Trinajstić information content (AvgIpc) is 2.58. The zero-order chi connectivity index (χ0) is 19.1. The van der Waals surface area contributed by atoms with Gasteiger partial charge in [0.2, 0.25) is 0 Å². The molecule has 4 unspecified atom stereocenters. The van der Waals surface area contributed by atoms with E-state index in [0.717, 1.165) is 38.5 Å². The third-order valence-corrected chi connectivity index (χ3v) is 7.35. The molecule has 2 aliphatic carbocycles. The maximum absolute atomic E-state index is 12.3. The van der Waals surface area contributed by atoms with E-state index in [4.69, 9.17) is 0 Å². The van der Waals surface area contributed by atoms with Crippen LogP contribution >= 0.6 is 0 Å². The molecule has 3 nitrogen and oxygen atoms in total. The van der Waals surface area contributed by atoms with Crippen molar-refractivity contribution < 1.29 is 15.0 Å². The van der Waals surface area contributed by atoms with Gasteiger partial charge in [0.05, 0.1) is 5.41 Å². The van der Waals surface area contributed by atoms with E-state index >= 15 is 0 Å². The van der Waals surface area contributed by atoms with Crippen molar-refractivity contribution in [1.82, 2.24) is 0 Å². The molecule has 0 radical (unpaired) electrons. The number of aliphatic hydroxyl groups excluding tert-OH is 1. The summed E-state index contributed by atoms with van der Waals surface area (Å²) in [6.07, 6.45) is 5.39. The molecule has 1 saturated carbocycles. The Morgan fingerprint density at radius 2 is 2.00 bits per heavy atom. The van der Waals surface area contributed by atoms with Crippen LogP contribution < -0.4 is 0 Å². The minimum absolute atomic E-state index is 0.0887. The molecule has 144 valence electrons. The Labute approximate surface area is 157 Å². The van der Waals surface area contributed by atoms with Gasteiger partial charge >= 0.3 is 5.97 Å². The molecule has 2 aliphatic rings. The van der Waals surface area contributed by atoms with Gasteiger partial charge in [-0.25, -0.2) is 0 Å². The molecule has 1 aromatic carbocycles. The van der Waals surface area contributed by atoms with Crippen LogP contribution in [0.15, 0.2) is 18.2 Å². The molecule has 0 bridgehead atoms. The van der Waals surface area contributed by atoms with Crippen molar-refractivity contribution >= 4 is 5.97 Å². The lowest BCUT2D eigenvalue weighted by atomic mass is 9.46. The maximum Gasteiger partial charge on any atom is 0.309 e. The summed E-state index contributed by atoms with van der Waals surface area (Å²) in [6.45, 7) is 8.90. The second-order valence-electron chi connectivity index (χ2n) is 9.37. The van der Waals surface area contributed by atoms with Crippen molar-refractivity contribution in [1.29, 1.82) is 0 Å². The third-order valence-electron chi connectivity index (χ3n) is 7.35. The van der Waals surface area contributed by atoms with Gasteiger partial charge in [-0.05, 0) is 78.9 Å². The highest BCUT2D eigenvalue weighted by Crippen LogP contribution is 2.60. The first-order valence-electron chi connectivity index (χ1n) is 10.2. The lowest BCUT2D eigenvalue weighted by Gasteiger charge is -2.57. The van der Waals surface area contributed by atoms with E-state index in [0.29, 0.717) is 11.8 Å². The summed E-state index contributed by atoms with van der Waals surface area (Å²) >= 11 is 0. The Balaban J connectivity index is 2.13. The molecular formula is C23H34O3. The molecule has 3 heteroatoms. The third kappa shape index (κ3) is 2.98. The van der Waals surface area contributed by atoms with Crippen molar-refractivity contribution in [2.75, 3.05) is 6.61 Å². The fourth-order valence-corrected chi connectivity index (χ4v) is 6.14. The molecule has 3 rings (SSSR count). The predicted octanol–water partition coefficient (Wildman–Crippen LogP) is 4.90. The number of fused-ring (bicyclic) bond motifs is 3. The van der Waals surface area contributed by atoms with Gasteiger partial charge in [-0.1, -0.05) is 45.4 Å². The molecule has 0 aromatic heterocycles. The first-order chi connectivity index (χ1) is 12.2. The molecule has 0 saturated heterocycles. The Morgan fingerprint density at radius 1 is 1.27 bits per heavy atom. The van der Waals surface area contributed by atoms with E-state index < -0.39 is 11.4 Å². The van der Waals surface area contributed by atoms with Gasteiger partial charge < -0.3 is 10.2 Å². The molecule has 0 heterocycles. The average molecular weight is 359 g/mol. The van der Waals surface area contributed by atoms with Crippen molar-refractivity contribution in [2.24, 2.45) is 17.3 Å². The first-order valence-corrected chi connectivity index (χ1v) is 10.2. The number of benzene rings is 1. The zero-order valence-electron chi connectivity index (χ0n) is 16.7. The van der Waals surface area contributed by atoms with Gasteiger partial charge in [0.25, 0.3) is 0 Å². The van der Waals surface area contributed by atoms with Crippen LogP contribution in [0.5, 0.6) is 0 Å². The molecule has 1 fully saturated rings. The SMILES string of the molecule is CC(C)c1ccc2c(c1)CC(CCCO)C1C(C)(C(=O)O)CCCC21C.